The van der Waals surface area contributed by atoms with Gasteiger partial charge in [0.15, 0.2) is 5.96 Å². The molecular formula is C23H32IN3O2. The number of rotatable bonds is 8. The fourth-order valence-corrected chi connectivity index (χ4v) is 3.60. The lowest BCUT2D eigenvalue weighted by Crippen LogP contribution is -2.39. The van der Waals surface area contributed by atoms with Crippen molar-refractivity contribution in [3.05, 3.63) is 71.3 Å². The Labute approximate surface area is 191 Å². The first-order valence-electron chi connectivity index (χ1n) is 9.92. The molecule has 3 rings (SSSR count). The molecule has 0 spiro atoms. The maximum absolute atomic E-state index is 5.86. The van der Waals surface area contributed by atoms with Crippen LogP contribution in [0.4, 0.5) is 0 Å². The molecule has 0 radical (unpaired) electrons. The first-order chi connectivity index (χ1) is 13.8. The molecule has 1 fully saturated rings. The number of likely N-dealkylation sites (tertiary alicyclic amines) is 1. The second-order valence-corrected chi connectivity index (χ2v) is 7.26. The number of benzene rings is 2. The van der Waals surface area contributed by atoms with Crippen LogP contribution in [0, 0.1) is 5.92 Å². The third-order valence-corrected chi connectivity index (χ3v) is 5.02. The number of nitrogens with one attached hydrogen (secondary N) is 1. The molecule has 158 valence electrons. The molecule has 1 unspecified atom stereocenters. The Morgan fingerprint density at radius 3 is 2.55 bits per heavy atom. The molecule has 2 aromatic rings. The molecule has 1 heterocycles. The van der Waals surface area contributed by atoms with Crippen molar-refractivity contribution < 1.29 is 9.47 Å². The summed E-state index contributed by atoms with van der Waals surface area (Å²) in [5, 5.41) is 3.49. The minimum atomic E-state index is 0. The average molecular weight is 509 g/mol. The molecule has 1 atom stereocenters. The standard InChI is InChI=1S/C23H31N3O2.HI/c1-24-23(26-12-11-22(15-26)16-27-2)25-14-20-9-6-10-21(13-20)18-28-17-19-7-4-3-5-8-19;/h3-10,13,22H,11-12,14-18H2,1-2H3,(H,24,25);1H. The van der Waals surface area contributed by atoms with E-state index < -0.39 is 0 Å². The topological polar surface area (TPSA) is 46.1 Å². The Morgan fingerprint density at radius 2 is 1.79 bits per heavy atom. The minimum Gasteiger partial charge on any atom is -0.384 e. The van der Waals surface area contributed by atoms with Crippen LogP contribution in [0.5, 0.6) is 0 Å². The molecule has 0 amide bonds. The number of guanidine groups is 1. The van der Waals surface area contributed by atoms with Gasteiger partial charge in [0, 0.05) is 39.7 Å². The molecule has 6 heteroatoms. The van der Waals surface area contributed by atoms with Crippen LogP contribution in [0.1, 0.15) is 23.1 Å². The van der Waals surface area contributed by atoms with Gasteiger partial charge in [0.05, 0.1) is 19.8 Å². The van der Waals surface area contributed by atoms with E-state index in [1.54, 1.807) is 7.11 Å². The molecule has 0 bridgehead atoms. The van der Waals surface area contributed by atoms with Crippen molar-refractivity contribution in [2.75, 3.05) is 33.9 Å². The summed E-state index contributed by atoms with van der Waals surface area (Å²) >= 11 is 0. The monoisotopic (exact) mass is 509 g/mol. The van der Waals surface area contributed by atoms with E-state index in [4.69, 9.17) is 9.47 Å². The lowest BCUT2D eigenvalue weighted by atomic mass is 10.1. The van der Waals surface area contributed by atoms with Crippen molar-refractivity contribution in [1.82, 2.24) is 10.2 Å². The minimum absolute atomic E-state index is 0. The zero-order chi connectivity index (χ0) is 19.6. The first kappa shape index (κ1) is 23.6. The van der Waals surface area contributed by atoms with Crippen LogP contribution in [-0.4, -0.2) is 44.7 Å². The lowest BCUT2D eigenvalue weighted by molar-refractivity contribution is 0.107. The lowest BCUT2D eigenvalue weighted by Gasteiger charge is -2.22. The van der Waals surface area contributed by atoms with Crippen molar-refractivity contribution >= 4 is 29.9 Å². The maximum atomic E-state index is 5.86. The number of methoxy groups -OCH3 is 1. The van der Waals surface area contributed by atoms with E-state index in [-0.39, 0.29) is 24.0 Å². The summed E-state index contributed by atoms with van der Waals surface area (Å²) in [6.07, 6.45) is 1.16. The summed E-state index contributed by atoms with van der Waals surface area (Å²) in [5.74, 6) is 1.55. The zero-order valence-corrected chi connectivity index (χ0v) is 19.7. The molecular weight excluding hydrogens is 477 g/mol. The van der Waals surface area contributed by atoms with Crippen LogP contribution in [0.2, 0.25) is 0 Å². The van der Waals surface area contributed by atoms with Gasteiger partial charge in [-0.15, -0.1) is 24.0 Å². The molecule has 5 nitrogen and oxygen atoms in total. The third-order valence-electron chi connectivity index (χ3n) is 5.02. The van der Waals surface area contributed by atoms with Crippen LogP contribution in [0.15, 0.2) is 59.6 Å². The van der Waals surface area contributed by atoms with Crippen LogP contribution in [-0.2, 0) is 29.2 Å². The van der Waals surface area contributed by atoms with E-state index >= 15 is 0 Å². The fraction of sp³-hybridized carbons (Fsp3) is 0.435. The summed E-state index contributed by atoms with van der Waals surface area (Å²) in [6, 6.07) is 18.8. The number of nitrogens with zero attached hydrogens (tertiary/aromatic N) is 2. The van der Waals surface area contributed by atoms with Crippen molar-refractivity contribution in [1.29, 1.82) is 0 Å². The van der Waals surface area contributed by atoms with E-state index in [9.17, 15) is 0 Å². The van der Waals surface area contributed by atoms with Gasteiger partial charge < -0.3 is 19.7 Å². The summed E-state index contributed by atoms with van der Waals surface area (Å²) in [5.41, 5.74) is 3.61. The quantitative estimate of drug-likeness (QED) is 0.331. The smallest absolute Gasteiger partial charge is 0.193 e. The molecule has 0 aliphatic carbocycles. The Morgan fingerprint density at radius 1 is 1.07 bits per heavy atom. The fourth-order valence-electron chi connectivity index (χ4n) is 3.60. The molecule has 1 aliphatic rings. The molecule has 2 aromatic carbocycles. The third kappa shape index (κ3) is 7.60. The van der Waals surface area contributed by atoms with Crippen molar-refractivity contribution in [2.45, 2.75) is 26.2 Å². The number of hydrogen-bond donors (Lipinski definition) is 1. The highest BCUT2D eigenvalue weighted by molar-refractivity contribution is 14.0. The maximum Gasteiger partial charge on any atom is 0.193 e. The number of ether oxygens (including phenoxy) is 2. The van der Waals surface area contributed by atoms with Gasteiger partial charge in [0.25, 0.3) is 0 Å². The van der Waals surface area contributed by atoms with Gasteiger partial charge in [0.1, 0.15) is 0 Å². The van der Waals surface area contributed by atoms with Crippen LogP contribution < -0.4 is 5.32 Å². The number of aliphatic imine (C=N–C) groups is 1. The van der Waals surface area contributed by atoms with Gasteiger partial charge in [-0.1, -0.05) is 54.6 Å². The Bertz CT molecular complexity index is 755. The molecule has 1 aliphatic heterocycles. The summed E-state index contributed by atoms with van der Waals surface area (Å²) in [6.45, 7) is 4.85. The molecule has 1 saturated heterocycles. The SMILES string of the molecule is CN=C(NCc1cccc(COCc2ccccc2)c1)N1CCC(COC)C1.I. The van der Waals surface area contributed by atoms with Crippen LogP contribution in [0.25, 0.3) is 0 Å². The molecule has 1 N–H and O–H groups in total. The molecule has 0 aromatic heterocycles. The van der Waals surface area contributed by atoms with Crippen molar-refractivity contribution in [3.8, 4) is 0 Å². The second kappa shape index (κ2) is 12.8. The predicted octanol–water partition coefficient (Wildman–Crippen LogP) is 4.07. The van der Waals surface area contributed by atoms with Crippen molar-refractivity contribution in [2.24, 2.45) is 10.9 Å². The van der Waals surface area contributed by atoms with Gasteiger partial charge in [-0.3, -0.25) is 4.99 Å². The highest BCUT2D eigenvalue weighted by atomic mass is 127. The summed E-state index contributed by atoms with van der Waals surface area (Å²) in [7, 11) is 3.62. The molecule has 0 saturated carbocycles. The Kier molecular flexibility index (Phi) is 10.5. The number of hydrogen-bond acceptors (Lipinski definition) is 3. The average Bonchev–Trinajstić information content (AvgIpc) is 3.18. The predicted molar refractivity (Wildman–Crippen MR) is 129 cm³/mol. The van der Waals surface area contributed by atoms with Gasteiger partial charge in [0.2, 0.25) is 0 Å². The van der Waals surface area contributed by atoms with Crippen molar-refractivity contribution in [3.63, 3.8) is 0 Å². The largest absolute Gasteiger partial charge is 0.384 e. The Hall–Kier alpha value is -1.64. The van der Waals surface area contributed by atoms with Gasteiger partial charge in [-0.05, 0) is 23.1 Å². The second-order valence-electron chi connectivity index (χ2n) is 7.26. The van der Waals surface area contributed by atoms with E-state index in [0.717, 1.165) is 38.6 Å². The number of halogens is 1. The van der Waals surface area contributed by atoms with E-state index in [2.05, 4.69) is 51.6 Å². The first-order valence-corrected chi connectivity index (χ1v) is 9.92. The van der Waals surface area contributed by atoms with Crippen LogP contribution in [0.3, 0.4) is 0 Å². The van der Waals surface area contributed by atoms with Gasteiger partial charge in [-0.25, -0.2) is 0 Å². The van der Waals surface area contributed by atoms with E-state index in [0.29, 0.717) is 19.1 Å². The highest BCUT2D eigenvalue weighted by Crippen LogP contribution is 2.16. The zero-order valence-electron chi connectivity index (χ0n) is 17.3. The van der Waals surface area contributed by atoms with Crippen LogP contribution >= 0.6 is 24.0 Å². The molecule has 29 heavy (non-hydrogen) atoms. The summed E-state index contributed by atoms with van der Waals surface area (Å²) in [4.78, 5) is 6.77. The van der Waals surface area contributed by atoms with Gasteiger partial charge >= 0.3 is 0 Å². The van der Waals surface area contributed by atoms with Gasteiger partial charge in [-0.2, -0.15) is 0 Å². The summed E-state index contributed by atoms with van der Waals surface area (Å²) < 4.78 is 11.2. The highest BCUT2D eigenvalue weighted by Gasteiger charge is 2.24. The normalized spacial score (nSPS) is 16.6. The van der Waals surface area contributed by atoms with E-state index in [1.807, 2.05) is 25.2 Å². The Balaban J connectivity index is 0.00000300. The van der Waals surface area contributed by atoms with E-state index in [1.165, 1.54) is 16.7 Å².